The van der Waals surface area contributed by atoms with E-state index in [9.17, 15) is 9.90 Å². The Morgan fingerprint density at radius 2 is 1.66 bits per heavy atom. The van der Waals surface area contributed by atoms with Gasteiger partial charge in [0.05, 0.1) is 12.1 Å². The maximum Gasteiger partial charge on any atom is 0.150 e. The van der Waals surface area contributed by atoms with Crippen molar-refractivity contribution < 1.29 is 9.90 Å². The largest absolute Gasteiger partial charge is 0.390 e. The quantitative estimate of drug-likeness (QED) is 0.472. The molecule has 0 aromatic heterocycles. The average molecular weight is 484 g/mol. The van der Waals surface area contributed by atoms with E-state index in [2.05, 4.69) is 26.1 Å². The standard InChI is InChI=1S/C32H53NO2/c1-19-5-7-24-22(13-19)6-8-26-25(24)11-12-32(4)27(26)9-10-28(32)29(34)18-33-30-20(2)14-21-15-23(30)17-31(3,35)16-21/h19-28,30,33,35H,5-18H2,1-4H3. The molecule has 3 nitrogen and oxygen atoms in total. The van der Waals surface area contributed by atoms with Crippen LogP contribution in [0.1, 0.15) is 111 Å². The SMILES string of the molecule is CC1CCC2C(CCC3C2CCC2(C)C(C(=O)CNC4C(C)CC5CC4CC(C)(O)C5)CCC32)C1. The zero-order valence-electron chi connectivity index (χ0n) is 23.1. The van der Waals surface area contributed by atoms with Crippen LogP contribution in [0, 0.1) is 64.6 Å². The molecule has 6 fully saturated rings. The van der Waals surface area contributed by atoms with E-state index >= 15 is 0 Å². The maximum absolute atomic E-state index is 13.8. The van der Waals surface area contributed by atoms with Gasteiger partial charge < -0.3 is 10.4 Å². The van der Waals surface area contributed by atoms with E-state index in [0.29, 0.717) is 36.1 Å². The van der Waals surface area contributed by atoms with Gasteiger partial charge >= 0.3 is 0 Å². The molecule has 198 valence electrons. The average Bonchev–Trinajstić information content (AvgIpc) is 3.14. The predicted octanol–water partition coefficient (Wildman–Crippen LogP) is 6.63. The molecule has 6 saturated carbocycles. The molecule has 13 atom stereocenters. The third kappa shape index (κ3) is 4.37. The fourth-order valence-electron chi connectivity index (χ4n) is 11.8. The van der Waals surface area contributed by atoms with Gasteiger partial charge in [-0.2, -0.15) is 0 Å². The van der Waals surface area contributed by atoms with Crippen molar-refractivity contribution in [1.29, 1.82) is 0 Å². The molecule has 0 aromatic carbocycles. The van der Waals surface area contributed by atoms with Gasteiger partial charge in [-0.25, -0.2) is 0 Å². The first-order valence-electron chi connectivity index (χ1n) is 15.6. The van der Waals surface area contributed by atoms with Crippen molar-refractivity contribution in [3.8, 4) is 0 Å². The Kier molecular flexibility index (Phi) is 6.48. The van der Waals surface area contributed by atoms with Gasteiger partial charge in [0, 0.05) is 12.0 Å². The summed E-state index contributed by atoms with van der Waals surface area (Å²) in [5.41, 5.74) is -0.273. The van der Waals surface area contributed by atoms with Gasteiger partial charge in [0.15, 0.2) is 0 Å². The third-order valence-electron chi connectivity index (χ3n) is 13.0. The van der Waals surface area contributed by atoms with E-state index in [-0.39, 0.29) is 11.3 Å². The monoisotopic (exact) mass is 483 g/mol. The normalized spacial score (nSPS) is 55.5. The Labute approximate surface area is 215 Å². The summed E-state index contributed by atoms with van der Waals surface area (Å²) in [5.74, 6) is 8.17. The van der Waals surface area contributed by atoms with Crippen molar-refractivity contribution in [3.05, 3.63) is 0 Å². The van der Waals surface area contributed by atoms with E-state index in [1.807, 2.05) is 6.92 Å². The highest BCUT2D eigenvalue weighted by molar-refractivity contribution is 5.84. The summed E-state index contributed by atoms with van der Waals surface area (Å²) in [4.78, 5) is 13.8. The summed E-state index contributed by atoms with van der Waals surface area (Å²) in [5, 5.41) is 14.6. The molecule has 0 saturated heterocycles. The van der Waals surface area contributed by atoms with Crippen LogP contribution in [0.25, 0.3) is 0 Å². The maximum atomic E-state index is 13.8. The van der Waals surface area contributed by atoms with E-state index in [4.69, 9.17) is 0 Å². The topological polar surface area (TPSA) is 49.3 Å². The number of fused-ring (bicyclic) bond motifs is 7. The van der Waals surface area contributed by atoms with Crippen molar-refractivity contribution in [2.75, 3.05) is 6.54 Å². The minimum Gasteiger partial charge on any atom is -0.390 e. The van der Waals surface area contributed by atoms with Crippen LogP contribution in [0.5, 0.6) is 0 Å². The van der Waals surface area contributed by atoms with Crippen LogP contribution in [0.3, 0.4) is 0 Å². The number of hydrogen-bond donors (Lipinski definition) is 2. The lowest BCUT2D eigenvalue weighted by molar-refractivity contribution is -0.130. The second kappa shape index (κ2) is 9.11. The predicted molar refractivity (Wildman–Crippen MR) is 142 cm³/mol. The minimum absolute atomic E-state index is 0.243. The number of carbonyl (C=O) groups is 1. The third-order valence-corrected chi connectivity index (χ3v) is 13.0. The van der Waals surface area contributed by atoms with Crippen LogP contribution < -0.4 is 5.32 Å². The number of rotatable bonds is 4. The van der Waals surface area contributed by atoms with Crippen molar-refractivity contribution in [2.24, 2.45) is 64.6 Å². The first kappa shape index (κ1) is 24.9. The molecular weight excluding hydrogens is 430 g/mol. The Bertz CT molecular complexity index is 805. The molecule has 0 aromatic rings. The molecule has 13 unspecified atom stereocenters. The van der Waals surface area contributed by atoms with Crippen molar-refractivity contribution in [2.45, 2.75) is 123 Å². The molecule has 0 aliphatic heterocycles. The van der Waals surface area contributed by atoms with Crippen LogP contribution in [0.4, 0.5) is 0 Å². The molecule has 0 amide bonds. The van der Waals surface area contributed by atoms with Crippen molar-refractivity contribution in [1.82, 2.24) is 5.32 Å². The molecular formula is C32H53NO2. The van der Waals surface area contributed by atoms with E-state index in [1.165, 1.54) is 64.2 Å². The Hall–Kier alpha value is -0.410. The van der Waals surface area contributed by atoms with E-state index < -0.39 is 5.60 Å². The van der Waals surface area contributed by atoms with Crippen LogP contribution >= 0.6 is 0 Å². The molecule has 3 heteroatoms. The lowest BCUT2D eigenvalue weighted by Gasteiger charge is -2.56. The van der Waals surface area contributed by atoms with Gasteiger partial charge in [0.2, 0.25) is 0 Å². The molecule has 6 rings (SSSR count). The van der Waals surface area contributed by atoms with Crippen LogP contribution in [0.2, 0.25) is 0 Å². The van der Waals surface area contributed by atoms with Crippen LogP contribution in [-0.2, 0) is 4.79 Å². The lowest BCUT2D eigenvalue weighted by atomic mass is 9.49. The molecule has 0 spiro atoms. The number of carbonyl (C=O) groups excluding carboxylic acids is 1. The molecule has 0 heterocycles. The highest BCUT2D eigenvalue weighted by Gasteiger charge is 2.58. The number of aliphatic hydroxyl groups is 1. The van der Waals surface area contributed by atoms with Gasteiger partial charge in [-0.15, -0.1) is 0 Å². The van der Waals surface area contributed by atoms with Crippen LogP contribution in [0.15, 0.2) is 0 Å². The summed E-state index contributed by atoms with van der Waals surface area (Å²) >= 11 is 0. The second-order valence-corrected chi connectivity index (χ2v) is 15.4. The summed E-state index contributed by atoms with van der Waals surface area (Å²) < 4.78 is 0. The van der Waals surface area contributed by atoms with Crippen LogP contribution in [-0.4, -0.2) is 29.1 Å². The summed E-state index contributed by atoms with van der Waals surface area (Å²) in [6.07, 6.45) is 16.7. The summed E-state index contributed by atoms with van der Waals surface area (Å²) in [7, 11) is 0. The van der Waals surface area contributed by atoms with Crippen molar-refractivity contribution >= 4 is 5.78 Å². The molecule has 35 heavy (non-hydrogen) atoms. The number of Topliss-reactive ketones (excluding diaryl/α,β-unsaturated/α-hetero) is 1. The molecule has 6 aliphatic rings. The highest BCUT2D eigenvalue weighted by Crippen LogP contribution is 2.64. The number of hydrogen-bond acceptors (Lipinski definition) is 3. The second-order valence-electron chi connectivity index (χ2n) is 15.4. The van der Waals surface area contributed by atoms with Gasteiger partial charge in [-0.3, -0.25) is 4.79 Å². The summed E-state index contributed by atoms with van der Waals surface area (Å²) in [6, 6.07) is 0.395. The highest BCUT2D eigenvalue weighted by atomic mass is 16.3. The van der Waals surface area contributed by atoms with Crippen molar-refractivity contribution in [3.63, 3.8) is 0 Å². The fraction of sp³-hybridized carbons (Fsp3) is 0.969. The zero-order valence-corrected chi connectivity index (χ0v) is 23.1. The van der Waals surface area contributed by atoms with Gasteiger partial charge in [-0.1, -0.05) is 27.2 Å². The molecule has 2 N–H and O–H groups in total. The molecule has 6 aliphatic carbocycles. The van der Waals surface area contributed by atoms with Gasteiger partial charge in [0.1, 0.15) is 5.78 Å². The molecule has 2 bridgehead atoms. The lowest BCUT2D eigenvalue weighted by Crippen LogP contribution is -2.54. The van der Waals surface area contributed by atoms with Gasteiger partial charge in [0.25, 0.3) is 0 Å². The molecule has 0 radical (unpaired) electrons. The number of ketones is 1. The minimum atomic E-state index is -0.516. The Morgan fingerprint density at radius 1 is 0.857 bits per heavy atom. The number of nitrogens with one attached hydrogen (secondary N) is 1. The smallest absolute Gasteiger partial charge is 0.150 e. The zero-order chi connectivity index (χ0) is 24.5. The van der Waals surface area contributed by atoms with E-state index in [0.717, 1.165) is 54.8 Å². The fourth-order valence-corrected chi connectivity index (χ4v) is 11.8. The summed E-state index contributed by atoms with van der Waals surface area (Å²) in [6.45, 7) is 9.95. The Morgan fingerprint density at radius 3 is 2.49 bits per heavy atom. The van der Waals surface area contributed by atoms with E-state index in [1.54, 1.807) is 0 Å². The first-order chi connectivity index (χ1) is 16.6. The Balaban J connectivity index is 1.10. The first-order valence-corrected chi connectivity index (χ1v) is 15.6. The van der Waals surface area contributed by atoms with Gasteiger partial charge in [-0.05, 0) is 143 Å².